The lowest BCUT2D eigenvalue weighted by molar-refractivity contribution is 0.241. The third-order valence-electron chi connectivity index (χ3n) is 5.56. The summed E-state index contributed by atoms with van der Waals surface area (Å²) in [6, 6.07) is 6.81. The average Bonchev–Trinajstić information content (AvgIpc) is 3.00. The minimum absolute atomic E-state index is 0.217. The van der Waals surface area contributed by atoms with E-state index in [1.165, 1.54) is 5.57 Å². The van der Waals surface area contributed by atoms with E-state index in [2.05, 4.69) is 26.8 Å². The maximum absolute atomic E-state index is 12.3. The van der Waals surface area contributed by atoms with Crippen LogP contribution in [0, 0.1) is 30.1 Å². The molecule has 0 aromatic heterocycles. The monoisotopic (exact) mass is 320 g/mol. The lowest BCUT2D eigenvalue weighted by Gasteiger charge is -2.22. The third kappa shape index (κ3) is 2.63. The SMILES string of the molecule is CC1=CCC2C(C1COS(=O)(=O)c1ccc(C)cc1)C2(C)C. The van der Waals surface area contributed by atoms with Crippen LogP contribution in [0.5, 0.6) is 0 Å². The lowest BCUT2D eigenvalue weighted by Crippen LogP contribution is -2.20. The topological polar surface area (TPSA) is 43.4 Å². The number of hydrogen-bond acceptors (Lipinski definition) is 3. The molecular formula is C18H24O3S. The van der Waals surface area contributed by atoms with Crippen molar-refractivity contribution in [3.8, 4) is 0 Å². The summed E-state index contributed by atoms with van der Waals surface area (Å²) in [5, 5.41) is 0. The molecule has 0 aliphatic heterocycles. The molecule has 3 nitrogen and oxygen atoms in total. The molecule has 1 aromatic rings. The standard InChI is InChI=1S/C18H24O3S/c1-12-5-8-14(9-6-12)22(19,20)21-11-15-13(2)7-10-16-17(15)18(16,3)4/h5-9,15-17H,10-11H2,1-4H3. The van der Waals surface area contributed by atoms with Crippen LogP contribution in [0.2, 0.25) is 0 Å². The van der Waals surface area contributed by atoms with Crippen molar-refractivity contribution >= 4 is 10.1 Å². The highest BCUT2D eigenvalue weighted by Crippen LogP contribution is 2.66. The molecule has 1 saturated carbocycles. The van der Waals surface area contributed by atoms with Crippen LogP contribution < -0.4 is 0 Å². The first-order valence-electron chi connectivity index (χ1n) is 7.86. The Morgan fingerprint density at radius 3 is 2.45 bits per heavy atom. The summed E-state index contributed by atoms with van der Waals surface area (Å²) in [5.41, 5.74) is 2.61. The Morgan fingerprint density at radius 1 is 1.18 bits per heavy atom. The summed E-state index contributed by atoms with van der Waals surface area (Å²) >= 11 is 0. The number of aryl methyl sites for hydroxylation is 1. The van der Waals surface area contributed by atoms with Crippen LogP contribution in [0.1, 0.15) is 32.8 Å². The van der Waals surface area contributed by atoms with Crippen molar-refractivity contribution in [2.45, 2.75) is 39.0 Å². The van der Waals surface area contributed by atoms with Gasteiger partial charge in [0.1, 0.15) is 0 Å². The van der Waals surface area contributed by atoms with Gasteiger partial charge in [0.05, 0.1) is 11.5 Å². The lowest BCUT2D eigenvalue weighted by atomic mass is 9.88. The molecule has 2 aliphatic carbocycles. The molecule has 3 unspecified atom stereocenters. The second kappa shape index (κ2) is 5.20. The van der Waals surface area contributed by atoms with E-state index < -0.39 is 10.1 Å². The fraction of sp³-hybridized carbons (Fsp3) is 0.556. The normalized spacial score (nSPS) is 29.6. The number of fused-ring (bicyclic) bond motifs is 1. The van der Waals surface area contributed by atoms with Gasteiger partial charge in [-0.05, 0) is 49.7 Å². The van der Waals surface area contributed by atoms with E-state index in [0.29, 0.717) is 17.3 Å². The zero-order chi connectivity index (χ0) is 16.1. The summed E-state index contributed by atoms with van der Waals surface area (Å²) < 4.78 is 30.1. The zero-order valence-electron chi connectivity index (χ0n) is 13.7. The number of rotatable bonds is 4. The summed E-state index contributed by atoms with van der Waals surface area (Å²) in [5.74, 6) is 1.44. The molecule has 2 aliphatic rings. The van der Waals surface area contributed by atoms with E-state index in [9.17, 15) is 8.42 Å². The molecule has 0 bridgehead atoms. The summed E-state index contributed by atoms with van der Waals surface area (Å²) in [6.45, 7) is 8.83. The molecule has 0 heterocycles. The maximum atomic E-state index is 12.3. The van der Waals surface area contributed by atoms with Crippen LogP contribution in [0.15, 0.2) is 40.8 Å². The van der Waals surface area contributed by atoms with Crippen LogP contribution in [0.4, 0.5) is 0 Å². The highest BCUT2D eigenvalue weighted by molar-refractivity contribution is 7.86. The van der Waals surface area contributed by atoms with Crippen LogP contribution in [-0.2, 0) is 14.3 Å². The van der Waals surface area contributed by atoms with E-state index in [-0.39, 0.29) is 17.4 Å². The predicted molar refractivity (Wildman–Crippen MR) is 86.9 cm³/mol. The van der Waals surface area contributed by atoms with Gasteiger partial charge in [-0.2, -0.15) is 8.42 Å². The summed E-state index contributed by atoms with van der Waals surface area (Å²) in [4.78, 5) is 0.238. The molecular weight excluding hydrogens is 296 g/mol. The first-order chi connectivity index (χ1) is 10.2. The van der Waals surface area contributed by atoms with Crippen molar-refractivity contribution < 1.29 is 12.6 Å². The van der Waals surface area contributed by atoms with Crippen LogP contribution in [0.25, 0.3) is 0 Å². The van der Waals surface area contributed by atoms with Crippen molar-refractivity contribution in [2.75, 3.05) is 6.61 Å². The Labute approximate surface area is 133 Å². The molecule has 120 valence electrons. The van der Waals surface area contributed by atoms with E-state index in [1.807, 2.05) is 6.92 Å². The fourth-order valence-electron chi connectivity index (χ4n) is 3.95. The molecule has 1 fully saturated rings. The quantitative estimate of drug-likeness (QED) is 0.623. The third-order valence-corrected chi connectivity index (χ3v) is 6.86. The molecule has 0 spiro atoms. The largest absolute Gasteiger partial charge is 0.296 e. The molecule has 0 amide bonds. The Balaban J connectivity index is 1.73. The van der Waals surface area contributed by atoms with Crippen molar-refractivity contribution in [1.82, 2.24) is 0 Å². The summed E-state index contributed by atoms with van der Waals surface area (Å²) in [6.07, 6.45) is 3.37. The molecule has 0 radical (unpaired) electrons. The van der Waals surface area contributed by atoms with Gasteiger partial charge in [0.25, 0.3) is 10.1 Å². The number of allylic oxidation sites excluding steroid dienone is 1. The second-order valence-corrected chi connectivity index (χ2v) is 8.91. The first-order valence-corrected chi connectivity index (χ1v) is 9.27. The van der Waals surface area contributed by atoms with Gasteiger partial charge >= 0.3 is 0 Å². The molecule has 3 atom stereocenters. The minimum Gasteiger partial charge on any atom is -0.266 e. The number of hydrogen-bond donors (Lipinski definition) is 0. The average molecular weight is 320 g/mol. The van der Waals surface area contributed by atoms with Gasteiger partial charge in [0, 0.05) is 5.92 Å². The molecule has 22 heavy (non-hydrogen) atoms. The van der Waals surface area contributed by atoms with Gasteiger partial charge in [0.15, 0.2) is 0 Å². The van der Waals surface area contributed by atoms with E-state index in [4.69, 9.17) is 4.18 Å². The van der Waals surface area contributed by atoms with Crippen LogP contribution in [0.3, 0.4) is 0 Å². The van der Waals surface area contributed by atoms with E-state index in [1.54, 1.807) is 24.3 Å². The van der Waals surface area contributed by atoms with Gasteiger partial charge < -0.3 is 0 Å². The van der Waals surface area contributed by atoms with Gasteiger partial charge in [-0.1, -0.05) is 43.2 Å². The van der Waals surface area contributed by atoms with Crippen LogP contribution in [-0.4, -0.2) is 15.0 Å². The Bertz CT molecular complexity index is 698. The smallest absolute Gasteiger partial charge is 0.266 e. The Hall–Kier alpha value is -1.13. The van der Waals surface area contributed by atoms with Gasteiger partial charge in [-0.3, -0.25) is 4.18 Å². The Morgan fingerprint density at radius 2 is 1.82 bits per heavy atom. The second-order valence-electron chi connectivity index (χ2n) is 7.30. The molecule has 1 aromatic carbocycles. The maximum Gasteiger partial charge on any atom is 0.296 e. The molecule has 3 rings (SSSR count). The van der Waals surface area contributed by atoms with Crippen LogP contribution >= 0.6 is 0 Å². The number of benzene rings is 1. The highest BCUT2D eigenvalue weighted by atomic mass is 32.2. The highest BCUT2D eigenvalue weighted by Gasteiger charge is 2.61. The predicted octanol–water partition coefficient (Wildman–Crippen LogP) is 3.94. The summed E-state index contributed by atoms with van der Waals surface area (Å²) in [7, 11) is -3.67. The minimum atomic E-state index is -3.67. The van der Waals surface area contributed by atoms with Gasteiger partial charge in [-0.15, -0.1) is 0 Å². The fourth-order valence-corrected chi connectivity index (χ4v) is 4.89. The molecule has 0 N–H and O–H groups in total. The van der Waals surface area contributed by atoms with Crippen molar-refractivity contribution in [3.63, 3.8) is 0 Å². The van der Waals surface area contributed by atoms with Crippen molar-refractivity contribution in [3.05, 3.63) is 41.5 Å². The van der Waals surface area contributed by atoms with E-state index in [0.717, 1.165) is 12.0 Å². The van der Waals surface area contributed by atoms with Crippen molar-refractivity contribution in [1.29, 1.82) is 0 Å². The molecule has 4 heteroatoms. The Kier molecular flexibility index (Phi) is 3.73. The first kappa shape index (κ1) is 15.8. The van der Waals surface area contributed by atoms with Gasteiger partial charge in [-0.25, -0.2) is 0 Å². The molecule has 0 saturated heterocycles. The van der Waals surface area contributed by atoms with Crippen molar-refractivity contribution in [2.24, 2.45) is 23.2 Å². The van der Waals surface area contributed by atoms with Gasteiger partial charge in [0.2, 0.25) is 0 Å². The van der Waals surface area contributed by atoms with E-state index >= 15 is 0 Å². The zero-order valence-corrected chi connectivity index (χ0v) is 14.5.